The predicted octanol–water partition coefficient (Wildman–Crippen LogP) is 5.30. The number of carbonyl (C=O) groups is 1. The van der Waals surface area contributed by atoms with Crippen LogP contribution < -0.4 is 0 Å². The molecular weight excluding hydrogens is 208 g/mol. The molecule has 0 bridgehead atoms. The Bertz CT molecular complexity index is 204. The minimum atomic E-state index is 0.143. The lowest BCUT2D eigenvalue weighted by atomic mass is 10.1. The Morgan fingerprint density at radius 1 is 0.941 bits per heavy atom. The Kier molecular flexibility index (Phi) is 11.5. The van der Waals surface area contributed by atoms with Crippen molar-refractivity contribution in [3.8, 4) is 0 Å². The molecule has 0 fully saturated rings. The second-order valence-electron chi connectivity index (χ2n) is 5.22. The molecule has 0 aromatic rings. The molecule has 0 atom stereocenters. The highest BCUT2D eigenvalue weighted by molar-refractivity contribution is 5.91. The average molecular weight is 238 g/mol. The summed E-state index contributed by atoms with van der Waals surface area (Å²) in [4.78, 5) is 11.3. The van der Waals surface area contributed by atoms with Crippen LogP contribution in [-0.2, 0) is 4.79 Å². The highest BCUT2D eigenvalue weighted by atomic mass is 16.1. The van der Waals surface area contributed by atoms with E-state index in [2.05, 4.69) is 6.92 Å². The zero-order valence-corrected chi connectivity index (χ0v) is 12.0. The molecule has 0 N–H and O–H groups in total. The van der Waals surface area contributed by atoms with Gasteiger partial charge in [-0.3, -0.25) is 4.79 Å². The molecule has 0 spiro atoms. The van der Waals surface area contributed by atoms with Crippen molar-refractivity contribution in [3.63, 3.8) is 0 Å². The summed E-state index contributed by atoms with van der Waals surface area (Å²) in [5, 5.41) is 0. The summed E-state index contributed by atoms with van der Waals surface area (Å²) in [5.74, 6) is 0.398. The molecule has 0 aromatic heterocycles. The number of allylic oxidation sites excluding steroid dienone is 2. The maximum Gasteiger partial charge on any atom is 0.157 e. The van der Waals surface area contributed by atoms with Gasteiger partial charge in [0.2, 0.25) is 0 Å². The van der Waals surface area contributed by atoms with Crippen LogP contribution in [0, 0.1) is 5.92 Å². The van der Waals surface area contributed by atoms with Gasteiger partial charge in [-0.25, -0.2) is 0 Å². The summed E-state index contributed by atoms with van der Waals surface area (Å²) in [6.45, 7) is 6.15. The number of unbranched alkanes of at least 4 members (excludes halogenated alkanes) is 8. The van der Waals surface area contributed by atoms with Gasteiger partial charge in [-0.15, -0.1) is 0 Å². The molecule has 0 radical (unpaired) electrons. The van der Waals surface area contributed by atoms with Crippen molar-refractivity contribution >= 4 is 5.78 Å². The van der Waals surface area contributed by atoms with Crippen LogP contribution in [0.3, 0.4) is 0 Å². The summed E-state index contributed by atoms with van der Waals surface area (Å²) in [6, 6.07) is 0. The number of hydrogen-bond acceptors (Lipinski definition) is 1. The molecule has 0 heterocycles. The number of hydrogen-bond donors (Lipinski definition) is 0. The first-order chi connectivity index (χ1) is 8.18. The van der Waals surface area contributed by atoms with Gasteiger partial charge in [-0.2, -0.15) is 0 Å². The highest BCUT2D eigenvalue weighted by Crippen LogP contribution is 2.09. The maximum atomic E-state index is 11.3. The van der Waals surface area contributed by atoms with Crippen molar-refractivity contribution in [2.75, 3.05) is 0 Å². The topological polar surface area (TPSA) is 17.1 Å². The molecule has 0 aliphatic rings. The van der Waals surface area contributed by atoms with Crippen LogP contribution in [0.15, 0.2) is 12.2 Å². The Hall–Kier alpha value is -0.590. The molecule has 17 heavy (non-hydrogen) atoms. The summed E-state index contributed by atoms with van der Waals surface area (Å²) >= 11 is 0. The molecule has 0 aliphatic carbocycles. The van der Waals surface area contributed by atoms with E-state index in [1.807, 2.05) is 19.9 Å². The standard InChI is InChI=1S/C16H30O/c1-4-5-6-7-8-9-10-11-12-13-14-16(17)15(2)3/h13-15H,4-12H2,1-3H3/b14-13+. The van der Waals surface area contributed by atoms with Gasteiger partial charge in [0, 0.05) is 5.92 Å². The van der Waals surface area contributed by atoms with Gasteiger partial charge in [-0.05, 0) is 18.9 Å². The van der Waals surface area contributed by atoms with Crippen LogP contribution in [0.1, 0.15) is 78.6 Å². The van der Waals surface area contributed by atoms with Crippen LogP contribution in [0.25, 0.3) is 0 Å². The van der Waals surface area contributed by atoms with Crippen molar-refractivity contribution in [1.29, 1.82) is 0 Å². The Morgan fingerprint density at radius 2 is 1.47 bits per heavy atom. The third-order valence-corrected chi connectivity index (χ3v) is 3.08. The van der Waals surface area contributed by atoms with E-state index < -0.39 is 0 Å². The lowest BCUT2D eigenvalue weighted by molar-refractivity contribution is -0.117. The quantitative estimate of drug-likeness (QED) is 0.353. The summed E-state index contributed by atoms with van der Waals surface area (Å²) < 4.78 is 0. The van der Waals surface area contributed by atoms with E-state index in [-0.39, 0.29) is 11.7 Å². The summed E-state index contributed by atoms with van der Waals surface area (Å²) in [6.07, 6.45) is 15.7. The highest BCUT2D eigenvalue weighted by Gasteiger charge is 2.00. The third kappa shape index (κ3) is 11.7. The molecule has 0 aliphatic heterocycles. The Labute approximate surface area is 108 Å². The van der Waals surface area contributed by atoms with Gasteiger partial charge in [0.15, 0.2) is 5.78 Å². The monoisotopic (exact) mass is 238 g/mol. The molecule has 0 saturated heterocycles. The molecule has 0 rings (SSSR count). The zero-order valence-electron chi connectivity index (χ0n) is 12.0. The lowest BCUT2D eigenvalue weighted by Gasteiger charge is -2.00. The zero-order chi connectivity index (χ0) is 12.9. The van der Waals surface area contributed by atoms with E-state index in [0.29, 0.717) is 0 Å². The van der Waals surface area contributed by atoms with Gasteiger partial charge in [-0.1, -0.05) is 71.8 Å². The first kappa shape index (κ1) is 16.4. The molecule has 1 nitrogen and oxygen atoms in total. The van der Waals surface area contributed by atoms with Crippen molar-refractivity contribution in [2.24, 2.45) is 5.92 Å². The van der Waals surface area contributed by atoms with E-state index in [9.17, 15) is 4.79 Å². The van der Waals surface area contributed by atoms with E-state index in [0.717, 1.165) is 6.42 Å². The van der Waals surface area contributed by atoms with Crippen molar-refractivity contribution in [1.82, 2.24) is 0 Å². The SMILES string of the molecule is CCCCCCCCCC/C=C/C(=O)C(C)C. The second-order valence-corrected chi connectivity index (χ2v) is 5.22. The number of rotatable bonds is 11. The molecule has 1 heteroatoms. The molecular formula is C16H30O. The van der Waals surface area contributed by atoms with Crippen molar-refractivity contribution in [2.45, 2.75) is 78.6 Å². The van der Waals surface area contributed by atoms with Gasteiger partial charge >= 0.3 is 0 Å². The Balaban J connectivity index is 3.21. The maximum absolute atomic E-state index is 11.3. The van der Waals surface area contributed by atoms with Crippen molar-refractivity contribution < 1.29 is 4.79 Å². The lowest BCUT2D eigenvalue weighted by Crippen LogP contribution is -2.01. The minimum absolute atomic E-state index is 0.143. The number of ketones is 1. The van der Waals surface area contributed by atoms with Crippen molar-refractivity contribution in [3.05, 3.63) is 12.2 Å². The average Bonchev–Trinajstić information content (AvgIpc) is 2.31. The first-order valence-corrected chi connectivity index (χ1v) is 7.38. The van der Waals surface area contributed by atoms with Crippen LogP contribution in [0.4, 0.5) is 0 Å². The number of carbonyl (C=O) groups excluding carboxylic acids is 1. The normalized spacial score (nSPS) is 11.5. The first-order valence-electron chi connectivity index (χ1n) is 7.38. The molecule has 0 amide bonds. The van der Waals surface area contributed by atoms with Gasteiger partial charge in [0.1, 0.15) is 0 Å². The Morgan fingerprint density at radius 3 is 2.00 bits per heavy atom. The predicted molar refractivity (Wildman–Crippen MR) is 76.2 cm³/mol. The molecule has 0 saturated carbocycles. The van der Waals surface area contributed by atoms with Crippen LogP contribution >= 0.6 is 0 Å². The summed E-state index contributed by atoms with van der Waals surface area (Å²) in [5.41, 5.74) is 0. The van der Waals surface area contributed by atoms with Crippen LogP contribution in [-0.4, -0.2) is 5.78 Å². The van der Waals surface area contributed by atoms with Crippen LogP contribution in [0.5, 0.6) is 0 Å². The smallest absolute Gasteiger partial charge is 0.157 e. The van der Waals surface area contributed by atoms with Gasteiger partial charge in [0.05, 0.1) is 0 Å². The van der Waals surface area contributed by atoms with E-state index in [1.54, 1.807) is 6.08 Å². The fourth-order valence-electron chi connectivity index (χ4n) is 1.79. The molecule has 100 valence electrons. The van der Waals surface area contributed by atoms with Gasteiger partial charge in [0.25, 0.3) is 0 Å². The van der Waals surface area contributed by atoms with E-state index in [1.165, 1.54) is 51.4 Å². The third-order valence-electron chi connectivity index (χ3n) is 3.08. The largest absolute Gasteiger partial charge is 0.295 e. The second kappa shape index (κ2) is 11.9. The van der Waals surface area contributed by atoms with E-state index in [4.69, 9.17) is 0 Å². The fourth-order valence-corrected chi connectivity index (χ4v) is 1.79. The fraction of sp³-hybridized carbons (Fsp3) is 0.812. The van der Waals surface area contributed by atoms with E-state index >= 15 is 0 Å². The summed E-state index contributed by atoms with van der Waals surface area (Å²) in [7, 11) is 0. The molecule has 0 unspecified atom stereocenters. The minimum Gasteiger partial charge on any atom is -0.295 e. The van der Waals surface area contributed by atoms with Crippen LogP contribution in [0.2, 0.25) is 0 Å². The molecule has 0 aromatic carbocycles. The van der Waals surface area contributed by atoms with Gasteiger partial charge < -0.3 is 0 Å².